The number of carbonyl (C=O) groups is 1. The summed E-state index contributed by atoms with van der Waals surface area (Å²) in [5.74, 6) is -1.52. The van der Waals surface area contributed by atoms with E-state index in [1.54, 1.807) is 22.6 Å². The zero-order valence-electron chi connectivity index (χ0n) is 8.96. The van der Waals surface area contributed by atoms with Crippen LogP contribution in [0.5, 0.6) is 11.5 Å². The van der Waals surface area contributed by atoms with Gasteiger partial charge >= 0.3 is 12.6 Å². The zero-order valence-corrected chi connectivity index (χ0v) is 11.1. The van der Waals surface area contributed by atoms with Gasteiger partial charge in [0.1, 0.15) is 0 Å². The average Bonchev–Trinajstić information content (AvgIpc) is 2.24. The van der Waals surface area contributed by atoms with E-state index in [-0.39, 0.29) is 14.9 Å². The number of phenols is 1. The van der Waals surface area contributed by atoms with Gasteiger partial charge in [0.2, 0.25) is 0 Å². The van der Waals surface area contributed by atoms with Gasteiger partial charge in [-0.15, -0.1) is 0 Å². The number of benzene rings is 1. The Morgan fingerprint density at radius 3 is 2.59 bits per heavy atom. The van der Waals surface area contributed by atoms with Crippen LogP contribution in [0.1, 0.15) is 15.9 Å². The van der Waals surface area contributed by atoms with E-state index in [9.17, 15) is 18.7 Å². The monoisotopic (exact) mass is 358 g/mol. The molecule has 7 heteroatoms. The van der Waals surface area contributed by atoms with E-state index in [1.165, 1.54) is 14.0 Å². The third-order valence-electron chi connectivity index (χ3n) is 2.01. The summed E-state index contributed by atoms with van der Waals surface area (Å²) in [4.78, 5) is 11.4. The highest BCUT2D eigenvalue weighted by atomic mass is 127. The van der Waals surface area contributed by atoms with Crippen molar-refractivity contribution in [3.63, 3.8) is 0 Å². The summed E-state index contributed by atoms with van der Waals surface area (Å²) in [6.45, 7) is -1.51. The molecule has 0 saturated carbocycles. The third kappa shape index (κ3) is 2.96. The summed E-state index contributed by atoms with van der Waals surface area (Å²) in [7, 11) is 1.19. The third-order valence-corrected chi connectivity index (χ3v) is 3.06. The number of hydrogen-bond acceptors (Lipinski definition) is 4. The fourth-order valence-electron chi connectivity index (χ4n) is 1.28. The molecule has 0 saturated heterocycles. The molecule has 0 radical (unpaired) electrons. The minimum Gasteiger partial charge on any atom is -0.504 e. The van der Waals surface area contributed by atoms with Gasteiger partial charge in [-0.25, -0.2) is 4.79 Å². The second-order valence-corrected chi connectivity index (χ2v) is 4.18. The van der Waals surface area contributed by atoms with Crippen molar-refractivity contribution in [3.8, 4) is 11.5 Å². The maximum absolute atomic E-state index is 12.1. The molecule has 0 heterocycles. The molecule has 1 aromatic carbocycles. The van der Waals surface area contributed by atoms with Crippen LogP contribution in [-0.2, 0) is 4.74 Å². The van der Waals surface area contributed by atoms with Crippen molar-refractivity contribution < 1.29 is 28.2 Å². The molecule has 1 N–H and O–H groups in total. The molecule has 0 aliphatic heterocycles. The highest BCUT2D eigenvalue weighted by Gasteiger charge is 2.22. The number of rotatable bonds is 3. The van der Waals surface area contributed by atoms with Crippen molar-refractivity contribution in [3.05, 3.63) is 20.8 Å². The highest BCUT2D eigenvalue weighted by Crippen LogP contribution is 2.36. The maximum Gasteiger partial charge on any atom is 0.387 e. The van der Waals surface area contributed by atoms with Crippen molar-refractivity contribution in [2.24, 2.45) is 0 Å². The van der Waals surface area contributed by atoms with Crippen molar-refractivity contribution in [2.75, 3.05) is 7.11 Å². The summed E-state index contributed by atoms with van der Waals surface area (Å²) >= 11 is 1.67. The molecule has 4 nitrogen and oxygen atoms in total. The molecule has 1 rings (SSSR count). The average molecular weight is 358 g/mol. The van der Waals surface area contributed by atoms with Crippen molar-refractivity contribution in [1.82, 2.24) is 0 Å². The predicted molar refractivity (Wildman–Crippen MR) is 63.5 cm³/mol. The number of phenolic OH excluding ortho intramolecular Hbond substituents is 1. The molecule has 0 unspecified atom stereocenters. The predicted octanol–water partition coefficient (Wildman–Crippen LogP) is 2.69. The minimum atomic E-state index is -3.04. The quantitative estimate of drug-likeness (QED) is 0.667. The van der Waals surface area contributed by atoms with E-state index in [2.05, 4.69) is 9.47 Å². The van der Waals surface area contributed by atoms with Gasteiger partial charge in [0.25, 0.3) is 0 Å². The number of aromatic hydroxyl groups is 1. The van der Waals surface area contributed by atoms with Crippen LogP contribution in [0.3, 0.4) is 0 Å². The van der Waals surface area contributed by atoms with Crippen LogP contribution >= 0.6 is 22.6 Å². The van der Waals surface area contributed by atoms with Gasteiger partial charge in [0.05, 0.1) is 16.2 Å². The Bertz CT molecular complexity index is 448. The molecule has 1 aromatic rings. The fraction of sp³-hybridized carbons (Fsp3) is 0.300. The first-order valence-electron chi connectivity index (χ1n) is 4.43. The number of hydrogen-bond donors (Lipinski definition) is 1. The SMILES string of the molecule is COC(=O)c1c(C)cc(OC(F)F)c(O)c1I. The summed E-state index contributed by atoms with van der Waals surface area (Å²) in [5, 5.41) is 9.62. The van der Waals surface area contributed by atoms with E-state index in [0.29, 0.717) is 5.56 Å². The standard InChI is InChI=1S/C10H9F2IO4/c1-4-3-5(17-10(11)12)8(14)7(13)6(4)9(15)16-2/h3,10,14H,1-2H3. The first-order chi connectivity index (χ1) is 7.88. The smallest absolute Gasteiger partial charge is 0.387 e. The minimum absolute atomic E-state index is 0.116. The van der Waals surface area contributed by atoms with E-state index in [1.807, 2.05) is 0 Å². The Kier molecular flexibility index (Phi) is 4.49. The van der Waals surface area contributed by atoms with Crippen LogP contribution in [-0.4, -0.2) is 24.8 Å². The summed E-state index contributed by atoms with van der Waals surface area (Å²) < 4.78 is 32.9. The number of carbonyl (C=O) groups excluding carboxylic acids is 1. The molecule has 94 valence electrons. The lowest BCUT2D eigenvalue weighted by Gasteiger charge is -2.13. The first kappa shape index (κ1) is 13.9. The lowest BCUT2D eigenvalue weighted by atomic mass is 10.1. The normalized spacial score (nSPS) is 10.5. The topological polar surface area (TPSA) is 55.8 Å². The van der Waals surface area contributed by atoms with Crippen LogP contribution in [0.2, 0.25) is 0 Å². The van der Waals surface area contributed by atoms with Gasteiger partial charge in [-0.3, -0.25) is 0 Å². The van der Waals surface area contributed by atoms with Crippen LogP contribution in [0, 0.1) is 10.5 Å². The van der Waals surface area contributed by atoms with Gasteiger partial charge in [-0.1, -0.05) is 0 Å². The lowest BCUT2D eigenvalue weighted by molar-refractivity contribution is -0.0513. The number of alkyl halides is 2. The Morgan fingerprint density at radius 1 is 1.53 bits per heavy atom. The van der Waals surface area contributed by atoms with Gasteiger partial charge in [0.15, 0.2) is 11.5 Å². The van der Waals surface area contributed by atoms with E-state index in [0.717, 1.165) is 6.07 Å². The van der Waals surface area contributed by atoms with Crippen molar-refractivity contribution >= 4 is 28.6 Å². The molecule has 0 amide bonds. The summed E-state index contributed by atoms with van der Waals surface area (Å²) in [6.07, 6.45) is 0. The Morgan fingerprint density at radius 2 is 2.12 bits per heavy atom. The Labute approximate surface area is 110 Å². The number of ether oxygens (including phenoxy) is 2. The van der Waals surface area contributed by atoms with Crippen molar-refractivity contribution in [2.45, 2.75) is 13.5 Å². The molecule has 0 aliphatic carbocycles. The van der Waals surface area contributed by atoms with Gasteiger partial charge in [-0.05, 0) is 41.1 Å². The van der Waals surface area contributed by atoms with Crippen LogP contribution < -0.4 is 4.74 Å². The molecule has 0 atom stereocenters. The molecule has 17 heavy (non-hydrogen) atoms. The second-order valence-electron chi connectivity index (χ2n) is 3.10. The van der Waals surface area contributed by atoms with Crippen molar-refractivity contribution in [1.29, 1.82) is 0 Å². The summed E-state index contributed by atoms with van der Waals surface area (Å²) in [6, 6.07) is 1.16. The van der Waals surface area contributed by atoms with Gasteiger partial charge < -0.3 is 14.6 Å². The largest absolute Gasteiger partial charge is 0.504 e. The highest BCUT2D eigenvalue weighted by molar-refractivity contribution is 14.1. The zero-order chi connectivity index (χ0) is 13.2. The fourth-order valence-corrected chi connectivity index (χ4v) is 2.19. The maximum atomic E-state index is 12.1. The molecular weight excluding hydrogens is 349 g/mol. The molecular formula is C10H9F2IO4. The molecule has 0 fully saturated rings. The van der Waals surface area contributed by atoms with Crippen LogP contribution in [0.4, 0.5) is 8.78 Å². The van der Waals surface area contributed by atoms with Gasteiger partial charge in [-0.2, -0.15) is 8.78 Å². The second kappa shape index (κ2) is 5.48. The van der Waals surface area contributed by atoms with E-state index in [4.69, 9.17) is 0 Å². The number of esters is 1. The van der Waals surface area contributed by atoms with Crippen LogP contribution in [0.25, 0.3) is 0 Å². The number of halogens is 3. The first-order valence-corrected chi connectivity index (χ1v) is 5.51. The number of aryl methyl sites for hydroxylation is 1. The molecule has 0 aromatic heterocycles. The molecule has 0 bridgehead atoms. The molecule has 0 spiro atoms. The van der Waals surface area contributed by atoms with E-state index >= 15 is 0 Å². The van der Waals surface area contributed by atoms with Crippen LogP contribution in [0.15, 0.2) is 6.07 Å². The Hall–Kier alpha value is -1.12. The molecule has 0 aliphatic rings. The van der Waals surface area contributed by atoms with Gasteiger partial charge in [0, 0.05) is 0 Å². The summed E-state index contributed by atoms with van der Waals surface area (Å²) in [5.41, 5.74) is 0.516. The van der Waals surface area contributed by atoms with E-state index < -0.39 is 18.3 Å². The lowest BCUT2D eigenvalue weighted by Crippen LogP contribution is -2.09. The number of methoxy groups -OCH3 is 1. The Balaban J connectivity index is 3.31.